The Morgan fingerprint density at radius 3 is 2.50 bits per heavy atom. The molecule has 0 fully saturated rings. The Labute approximate surface area is 194 Å². The number of halogens is 1. The first kappa shape index (κ1) is 24.9. The highest BCUT2D eigenvalue weighted by atomic mass is 79.9. The van der Waals surface area contributed by atoms with Gasteiger partial charge in [-0.25, -0.2) is 5.43 Å². The Morgan fingerprint density at radius 1 is 1.12 bits per heavy atom. The van der Waals surface area contributed by atoms with E-state index in [1.165, 1.54) is 6.21 Å². The molecule has 2 aromatic carbocycles. The number of amides is 3. The Balaban J connectivity index is 1.95. The number of ether oxygens (including phenoxy) is 2. The topological polar surface area (TPSA) is 118 Å². The molecule has 32 heavy (non-hydrogen) atoms. The van der Waals surface area contributed by atoms with Gasteiger partial charge in [0.2, 0.25) is 0 Å². The zero-order chi connectivity index (χ0) is 23.5. The van der Waals surface area contributed by atoms with Crippen LogP contribution in [0.15, 0.2) is 52.0 Å². The fraction of sp³-hybridized carbons (Fsp3) is 0.273. The average Bonchev–Trinajstić information content (AvgIpc) is 2.78. The zero-order valence-electron chi connectivity index (χ0n) is 18.0. The normalized spacial score (nSPS) is 11.5. The maximum atomic E-state index is 12.2. The second-order valence-corrected chi connectivity index (χ2v) is 7.65. The molecule has 0 aromatic heterocycles. The second kappa shape index (κ2) is 12.5. The third-order valence-corrected chi connectivity index (χ3v) is 4.76. The van der Waals surface area contributed by atoms with E-state index in [1.54, 1.807) is 56.5 Å². The summed E-state index contributed by atoms with van der Waals surface area (Å²) in [5, 5.41) is 9.08. The average molecular weight is 505 g/mol. The molecule has 3 N–H and O–H groups in total. The summed E-state index contributed by atoms with van der Waals surface area (Å²) in [6.45, 7) is 3.45. The number of anilines is 1. The number of hydrazone groups is 1. The van der Waals surface area contributed by atoms with Crippen LogP contribution in [0.1, 0.15) is 25.8 Å². The van der Waals surface area contributed by atoms with Crippen LogP contribution >= 0.6 is 15.9 Å². The molecule has 0 aliphatic heterocycles. The van der Waals surface area contributed by atoms with Crippen molar-refractivity contribution < 1.29 is 23.9 Å². The Kier molecular flexibility index (Phi) is 9.68. The Bertz CT molecular complexity index is 979. The summed E-state index contributed by atoms with van der Waals surface area (Å²) in [6, 6.07) is 11.9. The lowest BCUT2D eigenvalue weighted by atomic mass is 10.2. The molecule has 170 valence electrons. The number of carbonyl (C=O) groups is 3. The van der Waals surface area contributed by atoms with Crippen molar-refractivity contribution in [1.82, 2.24) is 10.7 Å². The molecule has 0 spiro atoms. The fourth-order valence-electron chi connectivity index (χ4n) is 2.37. The molecule has 2 rings (SSSR count). The molecular weight excluding hydrogens is 480 g/mol. The van der Waals surface area contributed by atoms with Crippen molar-refractivity contribution in [3.05, 3.63) is 52.5 Å². The molecule has 0 heterocycles. The molecule has 0 saturated heterocycles. The van der Waals surface area contributed by atoms with Crippen molar-refractivity contribution in [2.24, 2.45) is 5.10 Å². The lowest BCUT2D eigenvalue weighted by Gasteiger charge is -2.11. The minimum absolute atomic E-state index is 0.119. The number of methoxy groups -OCH3 is 1. The number of nitrogens with one attached hydrogen (secondary N) is 3. The zero-order valence-corrected chi connectivity index (χ0v) is 19.6. The van der Waals surface area contributed by atoms with Crippen LogP contribution < -0.4 is 25.5 Å². The van der Waals surface area contributed by atoms with E-state index < -0.39 is 11.8 Å². The van der Waals surface area contributed by atoms with Gasteiger partial charge in [-0.1, -0.05) is 22.9 Å². The molecule has 0 radical (unpaired) electrons. The van der Waals surface area contributed by atoms with Crippen molar-refractivity contribution in [3.63, 3.8) is 0 Å². The number of hydrogen-bond donors (Lipinski definition) is 3. The minimum Gasteiger partial charge on any atom is -0.497 e. The first-order valence-electron chi connectivity index (χ1n) is 9.82. The first-order valence-corrected chi connectivity index (χ1v) is 10.6. The quantitative estimate of drug-likeness (QED) is 0.275. The van der Waals surface area contributed by atoms with Crippen molar-refractivity contribution in [2.45, 2.75) is 26.3 Å². The Hall–Kier alpha value is -3.40. The van der Waals surface area contributed by atoms with Crippen LogP contribution in [0, 0.1) is 0 Å². The van der Waals surface area contributed by atoms with Gasteiger partial charge in [0.15, 0.2) is 6.61 Å². The molecule has 10 heteroatoms. The predicted octanol–water partition coefficient (Wildman–Crippen LogP) is 2.84. The maximum absolute atomic E-state index is 12.2. The van der Waals surface area contributed by atoms with Crippen LogP contribution in [-0.4, -0.2) is 43.7 Å². The number of hydrogen-bond acceptors (Lipinski definition) is 6. The highest BCUT2D eigenvalue weighted by Gasteiger charge is 2.14. The van der Waals surface area contributed by atoms with Crippen LogP contribution in [0.3, 0.4) is 0 Å². The molecule has 0 aliphatic carbocycles. The summed E-state index contributed by atoms with van der Waals surface area (Å²) in [7, 11) is 1.56. The van der Waals surface area contributed by atoms with Gasteiger partial charge in [-0.2, -0.15) is 5.10 Å². The summed E-state index contributed by atoms with van der Waals surface area (Å²) >= 11 is 3.35. The van der Waals surface area contributed by atoms with Gasteiger partial charge >= 0.3 is 11.8 Å². The molecule has 0 saturated carbocycles. The van der Waals surface area contributed by atoms with Crippen molar-refractivity contribution >= 4 is 45.6 Å². The van der Waals surface area contributed by atoms with E-state index in [-0.39, 0.29) is 18.6 Å². The molecule has 0 bridgehead atoms. The van der Waals surface area contributed by atoms with E-state index in [0.717, 1.165) is 4.47 Å². The summed E-state index contributed by atoms with van der Waals surface area (Å²) in [5.41, 5.74) is 3.28. The van der Waals surface area contributed by atoms with Crippen LogP contribution in [-0.2, 0) is 14.4 Å². The lowest BCUT2D eigenvalue weighted by molar-refractivity contribution is -0.139. The second-order valence-electron chi connectivity index (χ2n) is 6.73. The van der Waals surface area contributed by atoms with Crippen molar-refractivity contribution in [3.8, 4) is 11.5 Å². The van der Waals surface area contributed by atoms with E-state index in [0.29, 0.717) is 29.2 Å². The third-order valence-electron chi connectivity index (χ3n) is 4.27. The number of carbonyl (C=O) groups excluding carboxylic acids is 3. The summed E-state index contributed by atoms with van der Waals surface area (Å²) in [6.07, 6.45) is 2.03. The van der Waals surface area contributed by atoms with Gasteiger partial charge in [-0.15, -0.1) is 0 Å². The largest absolute Gasteiger partial charge is 0.497 e. The lowest BCUT2D eigenvalue weighted by Crippen LogP contribution is -2.41. The maximum Gasteiger partial charge on any atom is 0.329 e. The smallest absolute Gasteiger partial charge is 0.329 e. The molecule has 1 atom stereocenters. The highest BCUT2D eigenvalue weighted by molar-refractivity contribution is 9.10. The van der Waals surface area contributed by atoms with Crippen LogP contribution in [0.2, 0.25) is 0 Å². The van der Waals surface area contributed by atoms with Gasteiger partial charge in [-0.3, -0.25) is 14.4 Å². The predicted molar refractivity (Wildman–Crippen MR) is 125 cm³/mol. The molecular formula is C22H25BrN4O5. The van der Waals surface area contributed by atoms with Gasteiger partial charge < -0.3 is 20.1 Å². The number of nitrogens with zero attached hydrogens (tertiary/aromatic N) is 1. The highest BCUT2D eigenvalue weighted by Crippen LogP contribution is 2.22. The number of benzene rings is 2. The van der Waals surface area contributed by atoms with Crippen LogP contribution in [0.4, 0.5) is 5.69 Å². The monoisotopic (exact) mass is 504 g/mol. The van der Waals surface area contributed by atoms with E-state index in [2.05, 4.69) is 37.1 Å². The Morgan fingerprint density at radius 2 is 1.84 bits per heavy atom. The fourth-order valence-corrected chi connectivity index (χ4v) is 2.75. The summed E-state index contributed by atoms with van der Waals surface area (Å²) in [5.74, 6) is -0.936. The summed E-state index contributed by atoms with van der Waals surface area (Å²) in [4.78, 5) is 35.8. The van der Waals surface area contributed by atoms with E-state index in [4.69, 9.17) is 9.47 Å². The molecule has 0 unspecified atom stereocenters. The summed E-state index contributed by atoms with van der Waals surface area (Å²) < 4.78 is 11.4. The first-order chi connectivity index (χ1) is 15.3. The van der Waals surface area contributed by atoms with E-state index in [9.17, 15) is 14.4 Å². The van der Waals surface area contributed by atoms with Gasteiger partial charge in [0, 0.05) is 21.8 Å². The molecule has 3 amide bonds. The SMILES string of the molecule is CC[C@H](C)NC(=O)C(=O)N/N=C\c1cc(Br)ccc1OCC(=O)Nc1ccc(OC)cc1. The van der Waals surface area contributed by atoms with Gasteiger partial charge in [0.05, 0.1) is 13.3 Å². The van der Waals surface area contributed by atoms with E-state index in [1.807, 2.05) is 6.92 Å². The van der Waals surface area contributed by atoms with Gasteiger partial charge in [0.1, 0.15) is 11.5 Å². The van der Waals surface area contributed by atoms with Gasteiger partial charge in [0.25, 0.3) is 5.91 Å². The number of rotatable bonds is 9. The molecule has 2 aromatic rings. The van der Waals surface area contributed by atoms with Crippen LogP contribution in [0.25, 0.3) is 0 Å². The minimum atomic E-state index is -0.877. The van der Waals surface area contributed by atoms with Crippen LogP contribution in [0.5, 0.6) is 11.5 Å². The molecule has 9 nitrogen and oxygen atoms in total. The van der Waals surface area contributed by atoms with Gasteiger partial charge in [-0.05, 0) is 55.8 Å². The third kappa shape index (κ3) is 8.03. The van der Waals surface area contributed by atoms with Crippen molar-refractivity contribution in [1.29, 1.82) is 0 Å². The van der Waals surface area contributed by atoms with E-state index >= 15 is 0 Å². The van der Waals surface area contributed by atoms with Crippen molar-refractivity contribution in [2.75, 3.05) is 19.0 Å². The standard InChI is InChI=1S/C22H25BrN4O5/c1-4-14(2)25-21(29)22(30)27-24-12-15-11-16(23)5-10-19(15)32-13-20(28)26-17-6-8-18(31-3)9-7-17/h5-12,14H,4,13H2,1-3H3,(H,25,29)(H,26,28)(H,27,30)/b24-12-/t14-/m0/s1. The molecule has 0 aliphatic rings.